The lowest BCUT2D eigenvalue weighted by Crippen LogP contribution is -2.44. The first-order valence-electron chi connectivity index (χ1n) is 10.2. The zero-order valence-electron chi connectivity index (χ0n) is 17.2. The summed E-state index contributed by atoms with van der Waals surface area (Å²) < 4.78 is 11.0. The van der Waals surface area contributed by atoms with Crippen LogP contribution in [-0.2, 0) is 10.2 Å². The number of carbonyl (C=O) groups excluding carboxylic acids is 1. The molecule has 1 atom stereocenters. The molecule has 30 heavy (non-hydrogen) atoms. The molecule has 1 fully saturated rings. The second kappa shape index (κ2) is 8.66. The van der Waals surface area contributed by atoms with Gasteiger partial charge in [-0.25, -0.2) is 0 Å². The van der Waals surface area contributed by atoms with E-state index in [0.29, 0.717) is 16.5 Å². The van der Waals surface area contributed by atoms with Gasteiger partial charge in [-0.15, -0.1) is 0 Å². The molecule has 0 aromatic heterocycles. The van der Waals surface area contributed by atoms with Crippen LogP contribution in [0.5, 0.6) is 11.5 Å². The van der Waals surface area contributed by atoms with Crippen molar-refractivity contribution in [2.45, 2.75) is 37.6 Å². The highest BCUT2D eigenvalue weighted by atomic mass is 35.5. The monoisotopic (exact) mass is 448 g/mol. The number of piperidine rings is 1. The maximum atomic E-state index is 13.4. The maximum Gasteiger partial charge on any atom is 0.231 e. The van der Waals surface area contributed by atoms with Crippen molar-refractivity contribution in [3.05, 3.63) is 57.6 Å². The first-order chi connectivity index (χ1) is 14.4. The lowest BCUT2D eigenvalue weighted by atomic mass is 9.70. The van der Waals surface area contributed by atoms with E-state index < -0.39 is 0 Å². The fourth-order valence-corrected chi connectivity index (χ4v) is 4.91. The zero-order chi connectivity index (χ0) is 21.3. The minimum atomic E-state index is -0.233. The molecule has 2 aliphatic heterocycles. The molecular weight excluding hydrogens is 423 g/mol. The number of hydrogen-bond acceptors (Lipinski definition) is 4. The third-order valence-corrected chi connectivity index (χ3v) is 6.81. The van der Waals surface area contributed by atoms with Crippen molar-refractivity contribution >= 4 is 29.1 Å². The fourth-order valence-electron chi connectivity index (χ4n) is 4.37. The number of halogens is 2. The van der Waals surface area contributed by atoms with Gasteiger partial charge in [-0.2, -0.15) is 0 Å². The molecule has 2 aliphatic rings. The lowest BCUT2D eigenvalue weighted by Gasteiger charge is -2.39. The summed E-state index contributed by atoms with van der Waals surface area (Å²) in [4.78, 5) is 15.2. The highest BCUT2D eigenvalue weighted by molar-refractivity contribution is 6.34. The third-order valence-electron chi connectivity index (χ3n) is 6.38. The van der Waals surface area contributed by atoms with Gasteiger partial charge in [0.15, 0.2) is 11.5 Å². The van der Waals surface area contributed by atoms with Gasteiger partial charge in [0.1, 0.15) is 0 Å². The summed E-state index contributed by atoms with van der Waals surface area (Å²) in [5, 5.41) is 4.55. The Morgan fingerprint density at radius 3 is 2.47 bits per heavy atom. The number of nitrogens with one attached hydrogen (secondary N) is 1. The van der Waals surface area contributed by atoms with Gasteiger partial charge in [0.05, 0.1) is 6.04 Å². The standard InChI is InChI=1S/C23H26Cl2N2O3/c1-15(16-9-18(24)12-19(25)10-16)27(2)22(28)13-23(5-7-26-8-6-23)17-3-4-20-21(11-17)30-14-29-20/h3-4,9-12,15,26H,5-8,13-14H2,1-2H3. The van der Waals surface area contributed by atoms with Crippen LogP contribution in [-0.4, -0.2) is 37.7 Å². The molecule has 2 heterocycles. The van der Waals surface area contributed by atoms with Crippen LogP contribution in [0.15, 0.2) is 36.4 Å². The van der Waals surface area contributed by atoms with E-state index in [1.165, 1.54) is 0 Å². The molecule has 0 spiro atoms. The summed E-state index contributed by atoms with van der Waals surface area (Å²) in [5.41, 5.74) is 1.82. The molecule has 160 valence electrons. The van der Waals surface area contributed by atoms with E-state index in [2.05, 4.69) is 11.4 Å². The van der Waals surface area contributed by atoms with Gasteiger partial charge in [-0.3, -0.25) is 4.79 Å². The SMILES string of the molecule is CC(c1cc(Cl)cc(Cl)c1)N(C)C(=O)CC1(c2ccc3c(c2)OCO3)CCNCC1. The Balaban J connectivity index is 1.57. The Morgan fingerprint density at radius 1 is 1.10 bits per heavy atom. The highest BCUT2D eigenvalue weighted by Crippen LogP contribution is 2.42. The van der Waals surface area contributed by atoms with E-state index in [1.807, 2.05) is 38.2 Å². The Bertz CT molecular complexity index is 924. The van der Waals surface area contributed by atoms with Gasteiger partial charge >= 0.3 is 0 Å². The molecular formula is C23H26Cl2N2O3. The predicted molar refractivity (Wildman–Crippen MR) is 119 cm³/mol. The van der Waals surface area contributed by atoms with Gasteiger partial charge in [0.25, 0.3) is 0 Å². The number of carbonyl (C=O) groups is 1. The molecule has 4 rings (SSSR count). The van der Waals surface area contributed by atoms with Crippen molar-refractivity contribution in [2.24, 2.45) is 0 Å². The van der Waals surface area contributed by atoms with Crippen molar-refractivity contribution < 1.29 is 14.3 Å². The van der Waals surface area contributed by atoms with E-state index in [-0.39, 0.29) is 24.2 Å². The average Bonchev–Trinajstić information content (AvgIpc) is 3.20. The summed E-state index contributed by atoms with van der Waals surface area (Å²) in [5.74, 6) is 1.61. The molecule has 0 saturated carbocycles. The molecule has 0 aliphatic carbocycles. The second-order valence-electron chi connectivity index (χ2n) is 8.16. The second-order valence-corrected chi connectivity index (χ2v) is 9.03. The summed E-state index contributed by atoms with van der Waals surface area (Å²) in [6, 6.07) is 11.4. The number of nitrogens with zero attached hydrogens (tertiary/aromatic N) is 1. The minimum Gasteiger partial charge on any atom is -0.454 e. The normalized spacial score (nSPS) is 18.1. The Hall–Kier alpha value is -1.95. The molecule has 2 aromatic carbocycles. The van der Waals surface area contributed by atoms with E-state index in [4.69, 9.17) is 32.7 Å². The first kappa shape index (κ1) is 21.3. The van der Waals surface area contributed by atoms with E-state index in [0.717, 1.165) is 48.6 Å². The number of hydrogen-bond donors (Lipinski definition) is 1. The van der Waals surface area contributed by atoms with Crippen molar-refractivity contribution in [3.63, 3.8) is 0 Å². The van der Waals surface area contributed by atoms with Crippen LogP contribution in [0.25, 0.3) is 0 Å². The van der Waals surface area contributed by atoms with Crippen molar-refractivity contribution in [1.29, 1.82) is 0 Å². The Kier molecular flexibility index (Phi) is 6.14. The molecule has 7 heteroatoms. The van der Waals surface area contributed by atoms with Gasteiger partial charge in [-0.05, 0) is 74.3 Å². The average molecular weight is 449 g/mol. The van der Waals surface area contributed by atoms with Crippen LogP contribution in [0.3, 0.4) is 0 Å². The molecule has 0 bridgehead atoms. The number of amides is 1. The summed E-state index contributed by atoms with van der Waals surface area (Å²) in [6.45, 7) is 4.00. The summed E-state index contributed by atoms with van der Waals surface area (Å²) >= 11 is 12.3. The molecule has 2 aromatic rings. The number of fused-ring (bicyclic) bond motifs is 1. The number of benzene rings is 2. The third kappa shape index (κ3) is 4.25. The van der Waals surface area contributed by atoms with E-state index >= 15 is 0 Å². The van der Waals surface area contributed by atoms with Crippen LogP contribution in [0.4, 0.5) is 0 Å². The van der Waals surface area contributed by atoms with Gasteiger partial charge in [-0.1, -0.05) is 29.3 Å². The largest absolute Gasteiger partial charge is 0.454 e. The number of rotatable bonds is 5. The topological polar surface area (TPSA) is 50.8 Å². The molecule has 0 radical (unpaired) electrons. The zero-order valence-corrected chi connectivity index (χ0v) is 18.7. The van der Waals surface area contributed by atoms with Crippen LogP contribution >= 0.6 is 23.2 Å². The molecule has 1 unspecified atom stereocenters. The quantitative estimate of drug-likeness (QED) is 0.702. The predicted octanol–water partition coefficient (Wildman–Crippen LogP) is 4.95. The van der Waals surface area contributed by atoms with E-state index in [9.17, 15) is 4.79 Å². The van der Waals surface area contributed by atoms with Gasteiger partial charge < -0.3 is 19.7 Å². The van der Waals surface area contributed by atoms with Crippen LogP contribution < -0.4 is 14.8 Å². The minimum absolute atomic E-state index is 0.0955. The van der Waals surface area contributed by atoms with Crippen molar-refractivity contribution in [3.8, 4) is 11.5 Å². The van der Waals surface area contributed by atoms with E-state index in [1.54, 1.807) is 11.0 Å². The maximum absolute atomic E-state index is 13.4. The van der Waals surface area contributed by atoms with Crippen molar-refractivity contribution in [1.82, 2.24) is 10.2 Å². The van der Waals surface area contributed by atoms with Gasteiger partial charge in [0.2, 0.25) is 12.7 Å². The molecule has 1 amide bonds. The molecule has 1 saturated heterocycles. The summed E-state index contributed by atoms with van der Waals surface area (Å²) in [7, 11) is 1.84. The fraction of sp³-hybridized carbons (Fsp3) is 0.435. The Morgan fingerprint density at radius 2 is 1.77 bits per heavy atom. The smallest absolute Gasteiger partial charge is 0.231 e. The summed E-state index contributed by atoms with van der Waals surface area (Å²) in [6.07, 6.45) is 2.22. The van der Waals surface area contributed by atoms with Crippen molar-refractivity contribution in [2.75, 3.05) is 26.9 Å². The van der Waals surface area contributed by atoms with Crippen LogP contribution in [0.1, 0.15) is 43.4 Å². The van der Waals surface area contributed by atoms with Crippen LogP contribution in [0, 0.1) is 0 Å². The van der Waals surface area contributed by atoms with Crippen LogP contribution in [0.2, 0.25) is 10.0 Å². The molecule has 1 N–H and O–H groups in total. The Labute approximate surface area is 187 Å². The number of ether oxygens (including phenoxy) is 2. The van der Waals surface area contributed by atoms with Gasteiger partial charge in [0, 0.05) is 28.9 Å². The lowest BCUT2D eigenvalue weighted by molar-refractivity contribution is -0.133. The first-order valence-corrected chi connectivity index (χ1v) is 11.0. The molecule has 5 nitrogen and oxygen atoms in total. The highest BCUT2D eigenvalue weighted by Gasteiger charge is 2.38.